The number of halogens is 2. The average Bonchev–Trinajstić information content (AvgIpc) is 2.47. The van der Waals surface area contributed by atoms with Crippen LogP contribution < -0.4 is 5.73 Å². The van der Waals surface area contributed by atoms with E-state index in [0.717, 1.165) is 12.8 Å². The fourth-order valence-electron chi connectivity index (χ4n) is 1.09. The summed E-state index contributed by atoms with van der Waals surface area (Å²) in [7, 11) is 0. The summed E-state index contributed by atoms with van der Waals surface area (Å²) in [5.41, 5.74) is 4.80. The smallest absolute Gasteiger partial charge is 0.260 e. The number of nitrogens with two attached hydrogens (primary N) is 1. The Balaban J connectivity index is 2.36. The molecule has 0 unspecified atom stereocenters. The van der Waals surface area contributed by atoms with Crippen molar-refractivity contribution >= 4 is 0 Å². The minimum atomic E-state index is -2.63. The average molecular weight is 149 g/mol. The molecule has 3 heteroatoms. The van der Waals surface area contributed by atoms with Gasteiger partial charge in [-0.25, -0.2) is 8.78 Å². The van der Waals surface area contributed by atoms with E-state index < -0.39 is 12.5 Å². The quantitative estimate of drug-likeness (QED) is 0.650. The van der Waals surface area contributed by atoms with Crippen molar-refractivity contribution in [3.8, 4) is 0 Å². The standard InChI is InChI=1S/C7H13F2N/c1-6(2-3-6)4-7(8,9)5-10/h2-5,10H2,1H3. The van der Waals surface area contributed by atoms with Crippen LogP contribution in [-0.4, -0.2) is 12.5 Å². The van der Waals surface area contributed by atoms with Gasteiger partial charge in [-0.3, -0.25) is 0 Å². The van der Waals surface area contributed by atoms with E-state index in [9.17, 15) is 8.78 Å². The fraction of sp³-hybridized carbons (Fsp3) is 1.00. The van der Waals surface area contributed by atoms with E-state index in [1.807, 2.05) is 6.92 Å². The molecule has 1 rings (SSSR count). The highest BCUT2D eigenvalue weighted by Crippen LogP contribution is 2.51. The molecule has 1 aliphatic rings. The molecule has 0 amide bonds. The summed E-state index contributed by atoms with van der Waals surface area (Å²) in [5, 5.41) is 0. The Morgan fingerprint density at radius 2 is 2.00 bits per heavy atom. The normalized spacial score (nSPS) is 22.8. The highest BCUT2D eigenvalue weighted by atomic mass is 19.3. The number of rotatable bonds is 3. The van der Waals surface area contributed by atoms with Crippen molar-refractivity contribution in [2.75, 3.05) is 6.54 Å². The molecule has 0 aromatic rings. The summed E-state index contributed by atoms with van der Waals surface area (Å²) in [6.45, 7) is 1.37. The van der Waals surface area contributed by atoms with E-state index in [2.05, 4.69) is 0 Å². The Hall–Kier alpha value is -0.180. The lowest BCUT2D eigenvalue weighted by Crippen LogP contribution is -2.30. The molecule has 0 bridgehead atoms. The Morgan fingerprint density at radius 1 is 1.50 bits per heavy atom. The second kappa shape index (κ2) is 2.16. The van der Waals surface area contributed by atoms with Gasteiger partial charge in [-0.15, -0.1) is 0 Å². The van der Waals surface area contributed by atoms with Crippen molar-refractivity contribution in [3.05, 3.63) is 0 Å². The van der Waals surface area contributed by atoms with Gasteiger partial charge >= 0.3 is 0 Å². The zero-order valence-electron chi connectivity index (χ0n) is 6.16. The van der Waals surface area contributed by atoms with Crippen LogP contribution in [0.15, 0.2) is 0 Å². The van der Waals surface area contributed by atoms with Gasteiger partial charge in [0.05, 0.1) is 6.54 Å². The molecule has 1 aliphatic carbocycles. The van der Waals surface area contributed by atoms with Crippen molar-refractivity contribution < 1.29 is 8.78 Å². The van der Waals surface area contributed by atoms with E-state index in [4.69, 9.17) is 5.73 Å². The molecule has 0 aliphatic heterocycles. The first-order valence-corrected chi connectivity index (χ1v) is 3.55. The van der Waals surface area contributed by atoms with E-state index >= 15 is 0 Å². The topological polar surface area (TPSA) is 26.0 Å². The Labute approximate surface area is 59.6 Å². The summed E-state index contributed by atoms with van der Waals surface area (Å²) in [6.07, 6.45) is 1.84. The molecule has 0 radical (unpaired) electrons. The lowest BCUT2D eigenvalue weighted by Gasteiger charge is -2.17. The number of hydrogen-bond donors (Lipinski definition) is 1. The summed E-state index contributed by atoms with van der Waals surface area (Å²) in [4.78, 5) is 0. The van der Waals surface area contributed by atoms with Gasteiger partial charge in [-0.05, 0) is 18.3 Å². The maximum Gasteiger partial charge on any atom is 0.260 e. The van der Waals surface area contributed by atoms with Crippen LogP contribution in [0.1, 0.15) is 26.2 Å². The zero-order chi connectivity index (χ0) is 7.83. The Kier molecular flexibility index (Phi) is 1.71. The maximum absolute atomic E-state index is 12.6. The molecule has 1 fully saturated rings. The van der Waals surface area contributed by atoms with E-state index in [0.29, 0.717) is 0 Å². The van der Waals surface area contributed by atoms with Crippen molar-refractivity contribution in [2.45, 2.75) is 32.1 Å². The second-order valence-electron chi connectivity index (χ2n) is 3.55. The molecule has 10 heavy (non-hydrogen) atoms. The molecular formula is C7H13F2N. The molecule has 1 saturated carbocycles. The van der Waals surface area contributed by atoms with Crippen LogP contribution in [0.5, 0.6) is 0 Å². The first kappa shape index (κ1) is 7.92. The minimum absolute atomic E-state index is 0.0312. The van der Waals surface area contributed by atoms with Gasteiger partial charge in [0.25, 0.3) is 5.92 Å². The largest absolute Gasteiger partial charge is 0.325 e. The molecule has 2 N–H and O–H groups in total. The molecule has 60 valence electrons. The zero-order valence-corrected chi connectivity index (χ0v) is 6.16. The third-order valence-corrected chi connectivity index (χ3v) is 2.09. The van der Waals surface area contributed by atoms with Crippen molar-refractivity contribution in [1.29, 1.82) is 0 Å². The highest BCUT2D eigenvalue weighted by Gasteiger charge is 2.45. The first-order valence-electron chi connectivity index (χ1n) is 3.55. The van der Waals surface area contributed by atoms with Crippen LogP contribution in [-0.2, 0) is 0 Å². The van der Waals surface area contributed by atoms with Crippen molar-refractivity contribution in [1.82, 2.24) is 0 Å². The van der Waals surface area contributed by atoms with Crippen LogP contribution in [0.2, 0.25) is 0 Å². The van der Waals surface area contributed by atoms with Gasteiger partial charge < -0.3 is 5.73 Å². The second-order valence-corrected chi connectivity index (χ2v) is 3.55. The molecule has 0 aromatic carbocycles. The Bertz CT molecular complexity index is 130. The van der Waals surface area contributed by atoms with Crippen molar-refractivity contribution in [2.24, 2.45) is 11.1 Å². The van der Waals surface area contributed by atoms with E-state index in [1.54, 1.807) is 0 Å². The first-order chi connectivity index (χ1) is 4.47. The lowest BCUT2D eigenvalue weighted by atomic mass is 10.0. The van der Waals surface area contributed by atoms with Crippen LogP contribution in [0, 0.1) is 5.41 Å². The van der Waals surface area contributed by atoms with Gasteiger partial charge in [0.15, 0.2) is 0 Å². The number of alkyl halides is 2. The molecular weight excluding hydrogens is 136 g/mol. The number of hydrogen-bond acceptors (Lipinski definition) is 1. The van der Waals surface area contributed by atoms with Crippen LogP contribution in [0.25, 0.3) is 0 Å². The van der Waals surface area contributed by atoms with Gasteiger partial charge in [0, 0.05) is 6.42 Å². The summed E-state index contributed by atoms with van der Waals surface area (Å²) in [5.74, 6) is -2.63. The van der Waals surface area contributed by atoms with E-state index in [1.165, 1.54) is 0 Å². The molecule has 1 nitrogen and oxygen atoms in total. The molecule has 0 spiro atoms. The monoisotopic (exact) mass is 149 g/mol. The highest BCUT2D eigenvalue weighted by molar-refractivity contribution is 4.92. The third-order valence-electron chi connectivity index (χ3n) is 2.09. The maximum atomic E-state index is 12.6. The van der Waals surface area contributed by atoms with E-state index in [-0.39, 0.29) is 11.8 Å². The van der Waals surface area contributed by atoms with Crippen LogP contribution in [0.4, 0.5) is 8.78 Å². The summed E-state index contributed by atoms with van der Waals surface area (Å²) >= 11 is 0. The van der Waals surface area contributed by atoms with Gasteiger partial charge in [-0.2, -0.15) is 0 Å². The summed E-state index contributed by atoms with van der Waals surface area (Å²) in [6, 6.07) is 0. The van der Waals surface area contributed by atoms with Gasteiger partial charge in [0.2, 0.25) is 0 Å². The fourth-order valence-corrected chi connectivity index (χ4v) is 1.09. The van der Waals surface area contributed by atoms with Crippen LogP contribution in [0.3, 0.4) is 0 Å². The SMILES string of the molecule is CC1(CC(F)(F)CN)CC1. The molecule has 0 heterocycles. The predicted octanol–water partition coefficient (Wildman–Crippen LogP) is 1.77. The minimum Gasteiger partial charge on any atom is -0.325 e. The summed E-state index contributed by atoms with van der Waals surface area (Å²) < 4.78 is 25.1. The van der Waals surface area contributed by atoms with Gasteiger partial charge in [-0.1, -0.05) is 6.92 Å². The molecule has 0 aromatic heterocycles. The predicted molar refractivity (Wildman–Crippen MR) is 36.0 cm³/mol. The lowest BCUT2D eigenvalue weighted by molar-refractivity contribution is -0.0154. The molecule has 0 saturated heterocycles. The van der Waals surface area contributed by atoms with Crippen LogP contribution >= 0.6 is 0 Å². The van der Waals surface area contributed by atoms with Gasteiger partial charge in [0.1, 0.15) is 0 Å². The Morgan fingerprint density at radius 3 is 2.30 bits per heavy atom. The molecule has 0 atom stereocenters. The third kappa shape index (κ3) is 1.90. The van der Waals surface area contributed by atoms with Crippen molar-refractivity contribution in [3.63, 3.8) is 0 Å².